The van der Waals surface area contributed by atoms with Crippen LogP contribution in [0.5, 0.6) is 5.75 Å². The number of benzene rings is 1. The summed E-state index contributed by atoms with van der Waals surface area (Å²) in [4.78, 5) is 14.0. The molecule has 1 heterocycles. The Labute approximate surface area is 120 Å². The molecule has 5 heteroatoms. The van der Waals surface area contributed by atoms with Crippen LogP contribution in [0.4, 0.5) is 0 Å². The van der Waals surface area contributed by atoms with Crippen LogP contribution in [0.25, 0.3) is 0 Å². The van der Waals surface area contributed by atoms with Crippen molar-refractivity contribution in [1.82, 2.24) is 4.90 Å². The van der Waals surface area contributed by atoms with Crippen molar-refractivity contribution in [2.45, 2.75) is 18.7 Å². The van der Waals surface area contributed by atoms with Crippen molar-refractivity contribution in [2.75, 3.05) is 13.1 Å². The highest BCUT2D eigenvalue weighted by atomic mass is 79.9. The Hall–Kier alpha value is -0.740. The molecule has 1 amide bonds. The number of carbonyl (C=O) groups excluding carboxylic acids is 1. The van der Waals surface area contributed by atoms with Gasteiger partial charge < -0.3 is 10.0 Å². The lowest BCUT2D eigenvalue weighted by molar-refractivity contribution is 0.0698. The first-order valence-corrected chi connectivity index (χ1v) is 7.14. The normalized spacial score (nSPS) is 24.1. The lowest BCUT2D eigenvalue weighted by Crippen LogP contribution is -2.43. The predicted molar refractivity (Wildman–Crippen MR) is 75.1 cm³/mol. The van der Waals surface area contributed by atoms with Gasteiger partial charge in [-0.25, -0.2) is 0 Å². The van der Waals surface area contributed by atoms with Crippen molar-refractivity contribution in [3.05, 3.63) is 28.2 Å². The van der Waals surface area contributed by atoms with E-state index >= 15 is 0 Å². The summed E-state index contributed by atoms with van der Waals surface area (Å²) in [5, 5.41) is 9.79. The van der Waals surface area contributed by atoms with E-state index in [4.69, 9.17) is 11.6 Å². The number of likely N-dealkylation sites (tertiary alicyclic amines) is 1. The number of phenols is 1. The quantitative estimate of drug-likeness (QED) is 0.802. The van der Waals surface area contributed by atoms with Crippen LogP contribution in [0, 0.1) is 5.92 Å². The van der Waals surface area contributed by atoms with Crippen LogP contribution in [-0.4, -0.2) is 34.4 Å². The molecular weight excluding hydrogens is 318 g/mol. The van der Waals surface area contributed by atoms with Crippen molar-refractivity contribution in [2.24, 2.45) is 5.92 Å². The fraction of sp³-hybridized carbons (Fsp3) is 0.462. The molecule has 3 nitrogen and oxygen atoms in total. The number of piperidine rings is 1. The SMILES string of the molecule is CC1CCN(C(=O)c2ccc(Br)cc2O)CC1Cl. The van der Waals surface area contributed by atoms with Gasteiger partial charge in [-0.3, -0.25) is 4.79 Å². The van der Waals surface area contributed by atoms with Gasteiger partial charge in [0.05, 0.1) is 10.9 Å². The number of halogens is 2. The van der Waals surface area contributed by atoms with Gasteiger partial charge in [0.25, 0.3) is 5.91 Å². The van der Waals surface area contributed by atoms with Gasteiger partial charge in [-0.15, -0.1) is 11.6 Å². The van der Waals surface area contributed by atoms with Gasteiger partial charge in [-0.05, 0) is 30.5 Å². The standard InChI is InChI=1S/C13H15BrClNO2/c1-8-4-5-16(7-11(8)15)13(18)10-3-2-9(14)6-12(10)17/h2-3,6,8,11,17H,4-5,7H2,1H3. The first-order valence-electron chi connectivity index (χ1n) is 5.91. The van der Waals surface area contributed by atoms with E-state index in [1.165, 1.54) is 6.07 Å². The van der Waals surface area contributed by atoms with Crippen molar-refractivity contribution in [1.29, 1.82) is 0 Å². The monoisotopic (exact) mass is 331 g/mol. The molecule has 1 fully saturated rings. The van der Waals surface area contributed by atoms with E-state index in [1.54, 1.807) is 17.0 Å². The Balaban J connectivity index is 2.16. The van der Waals surface area contributed by atoms with Gasteiger partial charge in [-0.1, -0.05) is 22.9 Å². The summed E-state index contributed by atoms with van der Waals surface area (Å²) >= 11 is 9.45. The second-order valence-electron chi connectivity index (χ2n) is 4.69. The molecule has 1 saturated heterocycles. The molecule has 1 aliphatic heterocycles. The smallest absolute Gasteiger partial charge is 0.257 e. The minimum Gasteiger partial charge on any atom is -0.507 e. The zero-order valence-corrected chi connectivity index (χ0v) is 12.4. The van der Waals surface area contributed by atoms with Gasteiger partial charge in [0.2, 0.25) is 0 Å². The van der Waals surface area contributed by atoms with Gasteiger partial charge >= 0.3 is 0 Å². The van der Waals surface area contributed by atoms with Crippen molar-refractivity contribution in [3.8, 4) is 5.75 Å². The molecule has 0 spiro atoms. The topological polar surface area (TPSA) is 40.5 Å². The molecule has 1 N–H and O–H groups in total. The van der Waals surface area contributed by atoms with Gasteiger partial charge in [-0.2, -0.15) is 0 Å². The molecule has 0 bridgehead atoms. The highest BCUT2D eigenvalue weighted by Gasteiger charge is 2.28. The minimum absolute atomic E-state index is 0.000815. The molecule has 2 atom stereocenters. The van der Waals surface area contributed by atoms with E-state index in [-0.39, 0.29) is 17.0 Å². The molecule has 18 heavy (non-hydrogen) atoms. The summed E-state index contributed by atoms with van der Waals surface area (Å²) in [5.41, 5.74) is 0.330. The first kappa shape index (κ1) is 13.7. The lowest BCUT2D eigenvalue weighted by Gasteiger charge is -2.34. The Kier molecular flexibility index (Phi) is 4.17. The number of hydrogen-bond donors (Lipinski definition) is 1. The summed E-state index contributed by atoms with van der Waals surface area (Å²) in [5.74, 6) is 0.269. The van der Waals surface area contributed by atoms with Crippen LogP contribution in [-0.2, 0) is 0 Å². The summed E-state index contributed by atoms with van der Waals surface area (Å²) in [6, 6.07) is 4.90. The van der Waals surface area contributed by atoms with Crippen LogP contribution in [0.2, 0.25) is 0 Å². The maximum atomic E-state index is 12.3. The summed E-state index contributed by atoms with van der Waals surface area (Å²) in [7, 11) is 0. The summed E-state index contributed by atoms with van der Waals surface area (Å²) in [6.45, 7) is 3.33. The Bertz CT molecular complexity index is 466. The number of alkyl halides is 1. The van der Waals surface area contributed by atoms with E-state index in [9.17, 15) is 9.90 Å². The van der Waals surface area contributed by atoms with Crippen molar-refractivity contribution < 1.29 is 9.90 Å². The fourth-order valence-electron chi connectivity index (χ4n) is 2.06. The third kappa shape index (κ3) is 2.81. The molecule has 0 aromatic heterocycles. The maximum Gasteiger partial charge on any atom is 0.257 e. The second kappa shape index (κ2) is 5.49. The Morgan fingerprint density at radius 2 is 2.28 bits per heavy atom. The van der Waals surface area contributed by atoms with Crippen LogP contribution in [0.1, 0.15) is 23.7 Å². The Morgan fingerprint density at radius 1 is 1.56 bits per heavy atom. The van der Waals surface area contributed by atoms with Gasteiger partial charge in [0.15, 0.2) is 0 Å². The first-order chi connectivity index (χ1) is 8.49. The molecule has 1 aromatic rings. The molecule has 1 aromatic carbocycles. The second-order valence-corrected chi connectivity index (χ2v) is 6.17. The molecule has 0 aliphatic carbocycles. The van der Waals surface area contributed by atoms with E-state index in [2.05, 4.69) is 22.9 Å². The van der Waals surface area contributed by atoms with E-state index in [1.807, 2.05) is 0 Å². The van der Waals surface area contributed by atoms with Gasteiger partial charge in [0.1, 0.15) is 5.75 Å². The van der Waals surface area contributed by atoms with E-state index in [0.717, 1.165) is 10.9 Å². The van der Waals surface area contributed by atoms with Crippen LogP contribution in [0.3, 0.4) is 0 Å². The maximum absolute atomic E-state index is 12.3. The minimum atomic E-state index is -0.155. The molecule has 2 unspecified atom stereocenters. The lowest BCUT2D eigenvalue weighted by atomic mass is 9.98. The number of aromatic hydroxyl groups is 1. The van der Waals surface area contributed by atoms with E-state index in [0.29, 0.717) is 24.6 Å². The molecule has 98 valence electrons. The van der Waals surface area contributed by atoms with Crippen LogP contribution >= 0.6 is 27.5 Å². The van der Waals surface area contributed by atoms with Crippen LogP contribution < -0.4 is 0 Å². The van der Waals surface area contributed by atoms with Gasteiger partial charge in [0, 0.05) is 17.6 Å². The predicted octanol–water partition coefficient (Wildman–Crippen LogP) is 3.24. The number of rotatable bonds is 1. The number of amides is 1. The Morgan fingerprint density at radius 3 is 2.89 bits per heavy atom. The highest BCUT2D eigenvalue weighted by Crippen LogP contribution is 2.27. The molecule has 1 aliphatic rings. The largest absolute Gasteiger partial charge is 0.507 e. The van der Waals surface area contributed by atoms with Crippen molar-refractivity contribution in [3.63, 3.8) is 0 Å². The zero-order valence-electron chi connectivity index (χ0n) is 10.1. The number of nitrogens with zero attached hydrogens (tertiary/aromatic N) is 1. The number of phenolic OH excluding ortho intramolecular Hbond substituents is 1. The van der Waals surface area contributed by atoms with E-state index < -0.39 is 0 Å². The molecule has 0 saturated carbocycles. The number of carbonyl (C=O) groups is 1. The third-order valence-corrected chi connectivity index (χ3v) is 4.41. The number of hydrogen-bond acceptors (Lipinski definition) is 2. The fourth-order valence-corrected chi connectivity index (χ4v) is 2.70. The summed E-state index contributed by atoms with van der Waals surface area (Å²) < 4.78 is 0.749. The average molecular weight is 333 g/mol. The third-order valence-electron chi connectivity index (χ3n) is 3.34. The zero-order chi connectivity index (χ0) is 13.3. The molecule has 2 rings (SSSR count). The average Bonchev–Trinajstić information content (AvgIpc) is 2.32. The summed E-state index contributed by atoms with van der Waals surface area (Å²) in [6.07, 6.45) is 0.900. The van der Waals surface area contributed by atoms with Crippen LogP contribution in [0.15, 0.2) is 22.7 Å². The molecular formula is C13H15BrClNO2. The van der Waals surface area contributed by atoms with Crippen molar-refractivity contribution >= 4 is 33.4 Å². The highest BCUT2D eigenvalue weighted by molar-refractivity contribution is 9.10. The molecule has 0 radical (unpaired) electrons.